The third-order valence-electron chi connectivity index (χ3n) is 3.56. The number of nitrogens with zero attached hydrogens (tertiary/aromatic N) is 2. The first-order valence-corrected chi connectivity index (χ1v) is 6.78. The van der Waals surface area contributed by atoms with E-state index in [0.717, 1.165) is 23.3 Å². The lowest BCUT2D eigenvalue weighted by Crippen LogP contribution is -2.49. The number of aryl methyl sites for hydroxylation is 2. The van der Waals surface area contributed by atoms with Gasteiger partial charge in [-0.2, -0.15) is 0 Å². The van der Waals surface area contributed by atoms with Gasteiger partial charge in [0.15, 0.2) is 6.61 Å². The molecular formula is C15H20N2O3. The van der Waals surface area contributed by atoms with Crippen molar-refractivity contribution < 1.29 is 14.3 Å². The molecule has 0 bridgehead atoms. The van der Waals surface area contributed by atoms with Crippen molar-refractivity contribution in [3.63, 3.8) is 0 Å². The fourth-order valence-corrected chi connectivity index (χ4v) is 2.33. The zero-order chi connectivity index (χ0) is 14.5. The second kappa shape index (κ2) is 6.41. The van der Waals surface area contributed by atoms with E-state index in [2.05, 4.69) is 0 Å². The zero-order valence-corrected chi connectivity index (χ0v) is 12.0. The van der Waals surface area contributed by atoms with Gasteiger partial charge in [0, 0.05) is 26.2 Å². The monoisotopic (exact) mass is 276 g/mol. The van der Waals surface area contributed by atoms with E-state index in [4.69, 9.17) is 4.74 Å². The van der Waals surface area contributed by atoms with Crippen LogP contribution in [0.15, 0.2) is 18.2 Å². The summed E-state index contributed by atoms with van der Waals surface area (Å²) in [6.07, 6.45) is 0.828. The van der Waals surface area contributed by atoms with Gasteiger partial charge in [-0.1, -0.05) is 18.2 Å². The minimum atomic E-state index is -0.0294. The van der Waals surface area contributed by atoms with Gasteiger partial charge in [0.05, 0.1) is 0 Å². The molecule has 5 heteroatoms. The molecule has 1 aliphatic rings. The number of ether oxygens (including phenoxy) is 1. The third-order valence-corrected chi connectivity index (χ3v) is 3.56. The van der Waals surface area contributed by atoms with Crippen molar-refractivity contribution in [2.45, 2.75) is 13.8 Å². The lowest BCUT2D eigenvalue weighted by molar-refractivity contribution is -0.137. The van der Waals surface area contributed by atoms with Crippen molar-refractivity contribution in [3.8, 4) is 5.75 Å². The number of amides is 2. The summed E-state index contributed by atoms with van der Waals surface area (Å²) >= 11 is 0. The van der Waals surface area contributed by atoms with Crippen LogP contribution in [0.3, 0.4) is 0 Å². The van der Waals surface area contributed by atoms with E-state index < -0.39 is 0 Å². The molecule has 0 aromatic heterocycles. The summed E-state index contributed by atoms with van der Waals surface area (Å²) in [6, 6.07) is 5.91. The number of piperazine rings is 1. The number of carbonyl (C=O) groups is 2. The van der Waals surface area contributed by atoms with Gasteiger partial charge < -0.3 is 14.5 Å². The second-order valence-corrected chi connectivity index (χ2v) is 5.03. The highest BCUT2D eigenvalue weighted by atomic mass is 16.5. The van der Waals surface area contributed by atoms with Crippen LogP contribution in [0.1, 0.15) is 11.1 Å². The Morgan fingerprint density at radius 1 is 1.20 bits per heavy atom. The molecule has 1 aromatic rings. The van der Waals surface area contributed by atoms with Crippen LogP contribution in [0.2, 0.25) is 0 Å². The number of carbonyl (C=O) groups excluding carboxylic acids is 2. The van der Waals surface area contributed by atoms with E-state index >= 15 is 0 Å². The lowest BCUT2D eigenvalue weighted by atomic mass is 10.1. The largest absolute Gasteiger partial charge is 0.483 e. The summed E-state index contributed by atoms with van der Waals surface area (Å²) in [6.45, 7) is 6.33. The number of rotatable bonds is 4. The predicted octanol–water partition coefficient (Wildman–Crippen LogP) is 0.983. The van der Waals surface area contributed by atoms with Gasteiger partial charge in [-0.15, -0.1) is 0 Å². The SMILES string of the molecule is Cc1cccc(C)c1OCC(=O)N1CCN(C=O)CC1. The van der Waals surface area contributed by atoms with Crippen LogP contribution in [0.4, 0.5) is 0 Å². The van der Waals surface area contributed by atoms with Crippen LogP contribution >= 0.6 is 0 Å². The molecule has 1 aromatic carbocycles. The van der Waals surface area contributed by atoms with Crippen molar-refractivity contribution in [2.24, 2.45) is 0 Å². The van der Waals surface area contributed by atoms with E-state index in [1.807, 2.05) is 32.0 Å². The average Bonchev–Trinajstić information content (AvgIpc) is 2.46. The van der Waals surface area contributed by atoms with Crippen LogP contribution in [-0.2, 0) is 9.59 Å². The van der Waals surface area contributed by atoms with Gasteiger partial charge in [-0.05, 0) is 25.0 Å². The highest BCUT2D eigenvalue weighted by molar-refractivity contribution is 5.78. The molecular weight excluding hydrogens is 256 g/mol. The van der Waals surface area contributed by atoms with Gasteiger partial charge >= 0.3 is 0 Å². The average molecular weight is 276 g/mol. The summed E-state index contributed by atoms with van der Waals surface area (Å²) in [4.78, 5) is 26.1. The molecule has 1 saturated heterocycles. The van der Waals surface area contributed by atoms with Crippen molar-refractivity contribution in [3.05, 3.63) is 29.3 Å². The normalized spacial score (nSPS) is 15.1. The van der Waals surface area contributed by atoms with Crippen molar-refractivity contribution >= 4 is 12.3 Å². The number of para-hydroxylation sites is 1. The Morgan fingerprint density at radius 2 is 1.80 bits per heavy atom. The molecule has 0 saturated carbocycles. The fraction of sp³-hybridized carbons (Fsp3) is 0.467. The molecule has 2 amide bonds. The molecule has 1 aliphatic heterocycles. The standard InChI is InChI=1S/C15H20N2O3/c1-12-4-3-5-13(2)15(12)20-10-14(19)17-8-6-16(11-18)7-9-17/h3-5,11H,6-10H2,1-2H3. The number of hydrogen-bond donors (Lipinski definition) is 0. The maximum absolute atomic E-state index is 12.1. The van der Waals surface area contributed by atoms with E-state index in [0.29, 0.717) is 26.2 Å². The first-order valence-electron chi connectivity index (χ1n) is 6.78. The van der Waals surface area contributed by atoms with Gasteiger partial charge in [-0.25, -0.2) is 0 Å². The Bertz CT molecular complexity index is 474. The van der Waals surface area contributed by atoms with E-state index in [1.54, 1.807) is 9.80 Å². The fourth-order valence-electron chi connectivity index (χ4n) is 2.33. The van der Waals surface area contributed by atoms with Crippen molar-refractivity contribution in [1.29, 1.82) is 0 Å². The minimum absolute atomic E-state index is 0.0294. The van der Waals surface area contributed by atoms with Gasteiger partial charge in [0.1, 0.15) is 5.75 Å². The van der Waals surface area contributed by atoms with Crippen LogP contribution < -0.4 is 4.74 Å². The Morgan fingerprint density at radius 3 is 2.35 bits per heavy atom. The summed E-state index contributed by atoms with van der Waals surface area (Å²) in [5.41, 5.74) is 2.06. The molecule has 0 spiro atoms. The van der Waals surface area contributed by atoms with E-state index in [-0.39, 0.29) is 12.5 Å². The summed E-state index contributed by atoms with van der Waals surface area (Å²) in [5, 5.41) is 0. The molecule has 0 N–H and O–H groups in total. The quantitative estimate of drug-likeness (QED) is 0.770. The highest BCUT2D eigenvalue weighted by Gasteiger charge is 2.20. The first kappa shape index (κ1) is 14.4. The van der Waals surface area contributed by atoms with Gasteiger partial charge in [0.25, 0.3) is 5.91 Å². The molecule has 1 fully saturated rings. The van der Waals surface area contributed by atoms with Crippen LogP contribution in [0, 0.1) is 13.8 Å². The molecule has 20 heavy (non-hydrogen) atoms. The van der Waals surface area contributed by atoms with Crippen molar-refractivity contribution in [1.82, 2.24) is 9.80 Å². The summed E-state index contributed by atoms with van der Waals surface area (Å²) < 4.78 is 5.66. The third kappa shape index (κ3) is 3.29. The molecule has 0 radical (unpaired) electrons. The van der Waals surface area contributed by atoms with E-state index in [9.17, 15) is 9.59 Å². The summed E-state index contributed by atoms with van der Waals surface area (Å²) in [5.74, 6) is 0.755. The topological polar surface area (TPSA) is 49.9 Å². The molecule has 0 aliphatic carbocycles. The second-order valence-electron chi connectivity index (χ2n) is 5.03. The number of benzene rings is 1. The van der Waals surface area contributed by atoms with Gasteiger partial charge in [0.2, 0.25) is 6.41 Å². The molecule has 0 unspecified atom stereocenters. The Balaban J connectivity index is 1.88. The van der Waals surface area contributed by atoms with Crippen LogP contribution in [0.25, 0.3) is 0 Å². The Labute approximate surface area is 119 Å². The molecule has 5 nitrogen and oxygen atoms in total. The van der Waals surface area contributed by atoms with Gasteiger partial charge in [-0.3, -0.25) is 9.59 Å². The highest BCUT2D eigenvalue weighted by Crippen LogP contribution is 2.22. The maximum atomic E-state index is 12.1. The zero-order valence-electron chi connectivity index (χ0n) is 12.0. The Kier molecular flexibility index (Phi) is 4.61. The Hall–Kier alpha value is -2.04. The minimum Gasteiger partial charge on any atom is -0.483 e. The smallest absolute Gasteiger partial charge is 0.260 e. The van der Waals surface area contributed by atoms with Crippen LogP contribution in [0.5, 0.6) is 5.75 Å². The molecule has 1 heterocycles. The molecule has 0 atom stereocenters. The van der Waals surface area contributed by atoms with Crippen LogP contribution in [-0.4, -0.2) is 54.9 Å². The first-order chi connectivity index (χ1) is 9.61. The lowest BCUT2D eigenvalue weighted by Gasteiger charge is -2.32. The molecule has 2 rings (SSSR count). The summed E-state index contributed by atoms with van der Waals surface area (Å²) in [7, 11) is 0. The maximum Gasteiger partial charge on any atom is 0.260 e. The molecule has 108 valence electrons. The predicted molar refractivity (Wildman–Crippen MR) is 75.6 cm³/mol. The van der Waals surface area contributed by atoms with E-state index in [1.165, 1.54) is 0 Å². The number of hydrogen-bond acceptors (Lipinski definition) is 3. The van der Waals surface area contributed by atoms with Crippen molar-refractivity contribution in [2.75, 3.05) is 32.8 Å².